The molecule has 136 valence electrons. The standard InChI is InChI=1S/C17H36N4O2/c1-7-23-12-8-11-18-17(19-13-16(22)21(5)6)20-15(4)10-9-14(2)3/h14-15H,7-13H2,1-6H3,(H2,18,19,20). The Morgan fingerprint density at radius 2 is 1.91 bits per heavy atom. The number of carbonyl (C=O) groups excluding carboxylic acids is 1. The van der Waals surface area contributed by atoms with Gasteiger partial charge in [-0.05, 0) is 39.0 Å². The van der Waals surface area contributed by atoms with Crippen LogP contribution in [0.5, 0.6) is 0 Å². The molecule has 6 nitrogen and oxygen atoms in total. The van der Waals surface area contributed by atoms with E-state index in [1.54, 1.807) is 19.0 Å². The molecule has 0 rings (SSSR count). The molecular weight excluding hydrogens is 292 g/mol. The molecule has 0 saturated carbocycles. The molecule has 0 saturated heterocycles. The maximum absolute atomic E-state index is 11.7. The van der Waals surface area contributed by atoms with Crippen LogP contribution < -0.4 is 10.6 Å². The van der Waals surface area contributed by atoms with Gasteiger partial charge >= 0.3 is 0 Å². The van der Waals surface area contributed by atoms with Crippen LogP contribution in [-0.2, 0) is 9.53 Å². The van der Waals surface area contributed by atoms with Crippen molar-refractivity contribution >= 4 is 11.9 Å². The van der Waals surface area contributed by atoms with Gasteiger partial charge in [-0.2, -0.15) is 0 Å². The Kier molecular flexibility index (Phi) is 12.4. The summed E-state index contributed by atoms with van der Waals surface area (Å²) in [6.07, 6.45) is 3.16. The van der Waals surface area contributed by atoms with Gasteiger partial charge in [-0.15, -0.1) is 0 Å². The van der Waals surface area contributed by atoms with Crippen molar-refractivity contribution in [3.05, 3.63) is 0 Å². The zero-order chi connectivity index (χ0) is 17.7. The summed E-state index contributed by atoms with van der Waals surface area (Å²) in [5, 5.41) is 6.66. The predicted octanol–water partition coefficient (Wildman–Crippen LogP) is 1.86. The minimum absolute atomic E-state index is 0.00440. The third-order valence-electron chi connectivity index (χ3n) is 3.39. The van der Waals surface area contributed by atoms with Gasteiger partial charge in [-0.3, -0.25) is 4.79 Å². The summed E-state index contributed by atoms with van der Waals surface area (Å²) in [4.78, 5) is 17.7. The summed E-state index contributed by atoms with van der Waals surface area (Å²) in [6.45, 7) is 11.0. The average molecular weight is 329 g/mol. The number of carbonyl (C=O) groups is 1. The van der Waals surface area contributed by atoms with Crippen LogP contribution >= 0.6 is 0 Å². The highest BCUT2D eigenvalue weighted by molar-refractivity contribution is 5.84. The summed E-state index contributed by atoms with van der Waals surface area (Å²) >= 11 is 0. The van der Waals surface area contributed by atoms with E-state index < -0.39 is 0 Å². The van der Waals surface area contributed by atoms with E-state index in [0.29, 0.717) is 17.9 Å². The van der Waals surface area contributed by atoms with Crippen molar-refractivity contribution < 1.29 is 9.53 Å². The summed E-state index contributed by atoms with van der Waals surface area (Å²) in [6, 6.07) is 0.324. The predicted molar refractivity (Wildman–Crippen MR) is 96.8 cm³/mol. The zero-order valence-electron chi connectivity index (χ0n) is 15.8. The first-order chi connectivity index (χ1) is 10.9. The van der Waals surface area contributed by atoms with Crippen LogP contribution in [-0.4, -0.2) is 63.2 Å². The van der Waals surface area contributed by atoms with Gasteiger partial charge in [-0.25, -0.2) is 4.99 Å². The van der Waals surface area contributed by atoms with E-state index in [0.717, 1.165) is 32.6 Å². The highest BCUT2D eigenvalue weighted by atomic mass is 16.5. The summed E-state index contributed by atoms with van der Waals surface area (Å²) in [5.74, 6) is 1.39. The van der Waals surface area contributed by atoms with Crippen molar-refractivity contribution in [1.82, 2.24) is 15.5 Å². The lowest BCUT2D eigenvalue weighted by Gasteiger charge is -2.19. The van der Waals surface area contributed by atoms with E-state index in [2.05, 4.69) is 36.4 Å². The maximum atomic E-state index is 11.7. The Balaban J connectivity index is 4.41. The van der Waals surface area contributed by atoms with Crippen LogP contribution in [0.25, 0.3) is 0 Å². The minimum atomic E-state index is -0.00440. The number of hydrogen-bond acceptors (Lipinski definition) is 3. The molecule has 0 aliphatic heterocycles. The Hall–Kier alpha value is -1.30. The largest absolute Gasteiger partial charge is 0.382 e. The molecule has 0 heterocycles. The molecular formula is C17H36N4O2. The van der Waals surface area contributed by atoms with Gasteiger partial charge in [0.25, 0.3) is 0 Å². The van der Waals surface area contributed by atoms with Crippen molar-refractivity contribution in [3.8, 4) is 0 Å². The zero-order valence-corrected chi connectivity index (χ0v) is 15.8. The average Bonchev–Trinajstić information content (AvgIpc) is 2.49. The monoisotopic (exact) mass is 328 g/mol. The number of guanidine groups is 1. The number of likely N-dealkylation sites (N-methyl/N-ethyl adjacent to an activating group) is 1. The molecule has 0 spiro atoms. The summed E-state index contributed by atoms with van der Waals surface area (Å²) in [5.41, 5.74) is 0. The summed E-state index contributed by atoms with van der Waals surface area (Å²) in [7, 11) is 3.48. The topological polar surface area (TPSA) is 66.0 Å². The molecule has 6 heteroatoms. The van der Waals surface area contributed by atoms with Gasteiger partial charge in [0.1, 0.15) is 6.54 Å². The normalized spacial score (nSPS) is 13.1. The van der Waals surface area contributed by atoms with E-state index in [9.17, 15) is 4.79 Å². The van der Waals surface area contributed by atoms with E-state index >= 15 is 0 Å². The van der Waals surface area contributed by atoms with Crippen LogP contribution in [0.3, 0.4) is 0 Å². The number of rotatable bonds is 11. The molecule has 1 amide bonds. The number of hydrogen-bond donors (Lipinski definition) is 2. The van der Waals surface area contributed by atoms with E-state index in [4.69, 9.17) is 4.74 Å². The molecule has 23 heavy (non-hydrogen) atoms. The van der Waals surface area contributed by atoms with Crippen LogP contribution in [0.1, 0.15) is 47.0 Å². The minimum Gasteiger partial charge on any atom is -0.382 e. The molecule has 0 aromatic carbocycles. The van der Waals surface area contributed by atoms with Crippen molar-refractivity contribution in [3.63, 3.8) is 0 Å². The van der Waals surface area contributed by atoms with E-state index in [1.807, 2.05) is 6.92 Å². The fourth-order valence-electron chi connectivity index (χ4n) is 1.85. The second-order valence-electron chi connectivity index (χ2n) is 6.45. The highest BCUT2D eigenvalue weighted by Gasteiger charge is 2.08. The van der Waals surface area contributed by atoms with E-state index in [1.165, 1.54) is 6.42 Å². The van der Waals surface area contributed by atoms with Crippen LogP contribution in [0.2, 0.25) is 0 Å². The quantitative estimate of drug-likeness (QED) is 0.345. The molecule has 0 aromatic rings. The van der Waals surface area contributed by atoms with Gasteiger partial charge in [0, 0.05) is 39.9 Å². The Bertz CT molecular complexity index is 343. The fourth-order valence-corrected chi connectivity index (χ4v) is 1.85. The molecule has 0 aliphatic carbocycles. The van der Waals surface area contributed by atoms with Crippen molar-refractivity contribution in [2.45, 2.75) is 53.0 Å². The van der Waals surface area contributed by atoms with Gasteiger partial charge in [0.2, 0.25) is 5.91 Å². The van der Waals surface area contributed by atoms with Crippen molar-refractivity contribution in [1.29, 1.82) is 0 Å². The second-order valence-corrected chi connectivity index (χ2v) is 6.45. The Morgan fingerprint density at radius 3 is 2.48 bits per heavy atom. The summed E-state index contributed by atoms with van der Waals surface area (Å²) < 4.78 is 5.33. The third-order valence-corrected chi connectivity index (χ3v) is 3.39. The lowest BCUT2D eigenvalue weighted by molar-refractivity contribution is -0.127. The van der Waals surface area contributed by atoms with Gasteiger partial charge < -0.3 is 20.3 Å². The Labute approximate surface area is 142 Å². The molecule has 0 aromatic heterocycles. The van der Waals surface area contributed by atoms with Gasteiger partial charge in [0.15, 0.2) is 5.96 Å². The number of ether oxygens (including phenoxy) is 1. The number of aliphatic imine (C=N–C) groups is 1. The molecule has 0 radical (unpaired) electrons. The lowest BCUT2D eigenvalue weighted by Crippen LogP contribution is -2.43. The lowest BCUT2D eigenvalue weighted by atomic mass is 10.0. The van der Waals surface area contributed by atoms with Crippen LogP contribution in [0, 0.1) is 5.92 Å². The van der Waals surface area contributed by atoms with Gasteiger partial charge in [-0.1, -0.05) is 13.8 Å². The van der Waals surface area contributed by atoms with Crippen molar-refractivity contribution in [2.75, 3.05) is 40.4 Å². The van der Waals surface area contributed by atoms with Crippen molar-refractivity contribution in [2.24, 2.45) is 10.9 Å². The van der Waals surface area contributed by atoms with Crippen LogP contribution in [0.15, 0.2) is 4.99 Å². The molecule has 1 unspecified atom stereocenters. The number of amides is 1. The maximum Gasteiger partial charge on any atom is 0.243 e. The molecule has 2 N–H and O–H groups in total. The molecule has 1 atom stereocenters. The SMILES string of the molecule is CCOCCCNC(=NCC(=O)N(C)C)NC(C)CCC(C)C. The van der Waals surface area contributed by atoms with Gasteiger partial charge in [0.05, 0.1) is 0 Å². The first-order valence-corrected chi connectivity index (χ1v) is 8.69. The number of nitrogens with zero attached hydrogens (tertiary/aromatic N) is 2. The first kappa shape index (κ1) is 21.7. The second kappa shape index (κ2) is 13.2. The fraction of sp³-hybridized carbons (Fsp3) is 0.882. The number of nitrogens with one attached hydrogen (secondary N) is 2. The smallest absolute Gasteiger partial charge is 0.243 e. The Morgan fingerprint density at radius 1 is 1.22 bits per heavy atom. The third kappa shape index (κ3) is 12.9. The van der Waals surface area contributed by atoms with Crippen LogP contribution in [0.4, 0.5) is 0 Å². The molecule has 0 aliphatic rings. The molecule has 0 bridgehead atoms. The molecule has 0 fully saturated rings. The first-order valence-electron chi connectivity index (χ1n) is 8.69. The van der Waals surface area contributed by atoms with E-state index in [-0.39, 0.29) is 12.5 Å². The highest BCUT2D eigenvalue weighted by Crippen LogP contribution is 2.06.